The Balaban J connectivity index is 1.57. The Labute approximate surface area is 183 Å². The molecule has 4 aromatic rings. The van der Waals surface area contributed by atoms with Crippen LogP contribution in [0, 0.1) is 6.92 Å². The molecule has 0 saturated heterocycles. The van der Waals surface area contributed by atoms with Gasteiger partial charge in [0.2, 0.25) is 5.91 Å². The molecule has 30 heavy (non-hydrogen) atoms. The number of nitrogens with zero attached hydrogens (tertiary/aromatic N) is 3. The third-order valence-corrected chi connectivity index (χ3v) is 6.57. The summed E-state index contributed by atoms with van der Waals surface area (Å²) in [6.07, 6.45) is 1.74. The number of carbonyl (C=O) groups excluding carboxylic acids is 1. The van der Waals surface area contributed by atoms with E-state index in [1.54, 1.807) is 18.2 Å². The fourth-order valence-electron chi connectivity index (χ4n) is 2.95. The second-order valence-corrected chi connectivity index (χ2v) is 8.79. The van der Waals surface area contributed by atoms with Gasteiger partial charge in [0.25, 0.3) is 0 Å². The number of anilines is 1. The molecule has 5 nitrogen and oxygen atoms in total. The van der Waals surface area contributed by atoms with Crippen molar-refractivity contribution in [3.05, 3.63) is 78.1 Å². The topological polar surface area (TPSA) is 55.3 Å². The number of aromatic nitrogens is 2. The summed E-state index contributed by atoms with van der Waals surface area (Å²) in [6, 6.07) is 19.6. The number of benzene rings is 2. The number of methoxy groups -OCH3 is 1. The van der Waals surface area contributed by atoms with E-state index in [0.717, 1.165) is 26.6 Å². The highest BCUT2D eigenvalue weighted by atomic mass is 32.2. The first-order chi connectivity index (χ1) is 14.6. The van der Waals surface area contributed by atoms with Gasteiger partial charge in [0.1, 0.15) is 5.75 Å². The van der Waals surface area contributed by atoms with E-state index in [4.69, 9.17) is 9.72 Å². The maximum atomic E-state index is 13.2. The van der Waals surface area contributed by atoms with Crippen molar-refractivity contribution >= 4 is 44.4 Å². The van der Waals surface area contributed by atoms with Crippen LogP contribution in [0.1, 0.15) is 11.3 Å². The first-order valence-electron chi connectivity index (χ1n) is 9.47. The lowest BCUT2D eigenvalue weighted by molar-refractivity contribution is -0.116. The van der Waals surface area contributed by atoms with Gasteiger partial charge < -0.3 is 4.74 Å². The van der Waals surface area contributed by atoms with Crippen LogP contribution in [0.15, 0.2) is 71.8 Å². The monoisotopic (exact) mass is 435 g/mol. The number of fused-ring (bicyclic) bond motifs is 1. The molecule has 0 saturated carbocycles. The number of aryl methyl sites for hydroxylation is 1. The molecule has 0 atom stereocenters. The van der Waals surface area contributed by atoms with Crippen LogP contribution < -0.4 is 9.64 Å². The summed E-state index contributed by atoms with van der Waals surface area (Å²) in [6.45, 7) is 2.45. The highest BCUT2D eigenvalue weighted by Crippen LogP contribution is 2.31. The molecule has 0 fully saturated rings. The number of ether oxygens (including phenoxy) is 1. The summed E-state index contributed by atoms with van der Waals surface area (Å²) in [7, 11) is 1.64. The quantitative estimate of drug-likeness (QED) is 0.367. The van der Waals surface area contributed by atoms with Crippen molar-refractivity contribution in [1.29, 1.82) is 0 Å². The van der Waals surface area contributed by atoms with Crippen molar-refractivity contribution in [3.8, 4) is 5.75 Å². The summed E-state index contributed by atoms with van der Waals surface area (Å²) < 4.78 is 6.27. The minimum atomic E-state index is -0.00255. The number of pyridine rings is 1. The summed E-state index contributed by atoms with van der Waals surface area (Å²) in [5.41, 5.74) is 2.91. The van der Waals surface area contributed by atoms with Gasteiger partial charge in [-0.25, -0.2) is 4.98 Å². The molecule has 2 aromatic carbocycles. The number of thioether (sulfide) groups is 1. The summed E-state index contributed by atoms with van der Waals surface area (Å²) in [5, 5.41) is 0.696. The van der Waals surface area contributed by atoms with Crippen molar-refractivity contribution in [2.24, 2.45) is 0 Å². The Morgan fingerprint density at radius 3 is 2.70 bits per heavy atom. The van der Waals surface area contributed by atoms with E-state index >= 15 is 0 Å². The molecular weight excluding hydrogens is 414 g/mol. The average molecular weight is 436 g/mol. The van der Waals surface area contributed by atoms with E-state index in [0.29, 0.717) is 17.4 Å². The molecule has 0 radical (unpaired) electrons. The SMILES string of the molecule is COc1ccc(SCC(=O)N(Cc2ccccn2)c2nc3ccc(C)cc3s2)cc1. The van der Waals surface area contributed by atoms with Crippen molar-refractivity contribution in [2.45, 2.75) is 18.4 Å². The largest absolute Gasteiger partial charge is 0.497 e. The Kier molecular flexibility index (Phi) is 6.30. The smallest absolute Gasteiger partial charge is 0.239 e. The normalized spacial score (nSPS) is 10.9. The molecule has 152 valence electrons. The highest BCUT2D eigenvalue weighted by molar-refractivity contribution is 8.00. The zero-order chi connectivity index (χ0) is 20.9. The standard InChI is InChI=1S/C23H21N3O2S2/c1-16-6-11-20-21(13-16)30-23(25-20)26(14-17-5-3-4-12-24-17)22(27)15-29-19-9-7-18(28-2)8-10-19/h3-13H,14-15H2,1-2H3. The Morgan fingerprint density at radius 2 is 1.97 bits per heavy atom. The van der Waals surface area contributed by atoms with Crippen molar-refractivity contribution in [3.63, 3.8) is 0 Å². The third kappa shape index (κ3) is 4.80. The maximum Gasteiger partial charge on any atom is 0.239 e. The fourth-order valence-corrected chi connectivity index (χ4v) is 4.80. The summed E-state index contributed by atoms with van der Waals surface area (Å²) in [5.74, 6) is 1.11. The van der Waals surface area contributed by atoms with Gasteiger partial charge in [-0.2, -0.15) is 0 Å². The molecule has 2 aromatic heterocycles. The number of carbonyl (C=O) groups is 1. The van der Waals surface area contributed by atoms with Crippen LogP contribution in [-0.4, -0.2) is 28.7 Å². The minimum Gasteiger partial charge on any atom is -0.497 e. The lowest BCUT2D eigenvalue weighted by Gasteiger charge is -2.19. The predicted octanol–water partition coefficient (Wildman–Crippen LogP) is 5.33. The summed E-state index contributed by atoms with van der Waals surface area (Å²) >= 11 is 3.03. The van der Waals surface area contributed by atoms with Crippen LogP contribution in [0.4, 0.5) is 5.13 Å². The second-order valence-electron chi connectivity index (χ2n) is 6.73. The Hall–Kier alpha value is -2.90. The van der Waals surface area contributed by atoms with E-state index in [2.05, 4.69) is 18.0 Å². The summed E-state index contributed by atoms with van der Waals surface area (Å²) in [4.78, 5) is 25.1. The van der Waals surface area contributed by atoms with Crippen molar-refractivity contribution < 1.29 is 9.53 Å². The lowest BCUT2D eigenvalue weighted by atomic mass is 10.2. The fraction of sp³-hybridized carbons (Fsp3) is 0.174. The molecule has 0 aliphatic carbocycles. The van der Waals surface area contributed by atoms with Gasteiger partial charge in [-0.3, -0.25) is 14.7 Å². The van der Waals surface area contributed by atoms with E-state index in [1.165, 1.54) is 28.7 Å². The van der Waals surface area contributed by atoms with Gasteiger partial charge in [-0.1, -0.05) is 23.5 Å². The molecule has 4 rings (SSSR count). The Morgan fingerprint density at radius 1 is 1.13 bits per heavy atom. The molecule has 7 heteroatoms. The first kappa shape index (κ1) is 20.4. The number of thiazole rings is 1. The molecule has 0 N–H and O–H groups in total. The van der Waals surface area contributed by atoms with Crippen LogP contribution in [0.25, 0.3) is 10.2 Å². The van der Waals surface area contributed by atoms with Crippen molar-refractivity contribution in [1.82, 2.24) is 9.97 Å². The molecule has 0 unspecified atom stereocenters. The number of hydrogen-bond acceptors (Lipinski definition) is 6. The molecule has 0 aliphatic heterocycles. The van der Waals surface area contributed by atoms with E-state index in [-0.39, 0.29) is 5.91 Å². The molecule has 0 bridgehead atoms. The Bertz CT molecular complexity index is 1140. The maximum absolute atomic E-state index is 13.2. The molecular formula is C23H21N3O2S2. The molecule has 1 amide bonds. The zero-order valence-electron chi connectivity index (χ0n) is 16.7. The number of amides is 1. The van der Waals surface area contributed by atoms with Crippen LogP contribution in [0.3, 0.4) is 0 Å². The van der Waals surface area contributed by atoms with Gasteiger partial charge in [-0.05, 0) is 61.0 Å². The zero-order valence-corrected chi connectivity index (χ0v) is 18.4. The number of rotatable bonds is 7. The second kappa shape index (κ2) is 9.28. The van der Waals surface area contributed by atoms with Crippen LogP contribution in [0.2, 0.25) is 0 Å². The van der Waals surface area contributed by atoms with Crippen LogP contribution in [-0.2, 0) is 11.3 Å². The van der Waals surface area contributed by atoms with Crippen LogP contribution >= 0.6 is 23.1 Å². The van der Waals surface area contributed by atoms with Gasteiger partial charge >= 0.3 is 0 Å². The third-order valence-electron chi connectivity index (χ3n) is 4.53. The first-order valence-corrected chi connectivity index (χ1v) is 11.3. The van der Waals surface area contributed by atoms with Crippen LogP contribution in [0.5, 0.6) is 5.75 Å². The van der Waals surface area contributed by atoms with Gasteiger partial charge in [0.15, 0.2) is 5.13 Å². The molecule has 0 aliphatic rings. The van der Waals surface area contributed by atoms with E-state index < -0.39 is 0 Å². The minimum absolute atomic E-state index is 0.00255. The van der Waals surface area contributed by atoms with E-state index in [1.807, 2.05) is 54.6 Å². The number of hydrogen-bond donors (Lipinski definition) is 0. The van der Waals surface area contributed by atoms with Gasteiger partial charge in [0, 0.05) is 11.1 Å². The average Bonchev–Trinajstić information content (AvgIpc) is 3.19. The molecule has 2 heterocycles. The van der Waals surface area contributed by atoms with Gasteiger partial charge in [-0.15, -0.1) is 11.8 Å². The predicted molar refractivity (Wildman–Crippen MR) is 124 cm³/mol. The van der Waals surface area contributed by atoms with E-state index in [9.17, 15) is 4.79 Å². The highest BCUT2D eigenvalue weighted by Gasteiger charge is 2.21. The van der Waals surface area contributed by atoms with Crippen molar-refractivity contribution in [2.75, 3.05) is 17.8 Å². The van der Waals surface area contributed by atoms with Gasteiger partial charge in [0.05, 0.1) is 35.3 Å². The lowest BCUT2D eigenvalue weighted by Crippen LogP contribution is -2.32. The molecule has 0 spiro atoms.